The number of rotatable bonds is 3. The number of hydrogen-bond donors (Lipinski definition) is 1. The van der Waals surface area contributed by atoms with Crippen molar-refractivity contribution in [2.75, 3.05) is 20.1 Å². The first-order valence-corrected chi connectivity index (χ1v) is 9.42. The molecule has 1 aromatic heterocycles. The van der Waals surface area contributed by atoms with E-state index in [2.05, 4.69) is 65.2 Å². The van der Waals surface area contributed by atoms with Crippen molar-refractivity contribution >= 4 is 40.7 Å². The van der Waals surface area contributed by atoms with Crippen molar-refractivity contribution < 1.29 is 4.74 Å². The summed E-state index contributed by atoms with van der Waals surface area (Å²) in [5.41, 5.74) is 0.975. The van der Waals surface area contributed by atoms with Crippen LogP contribution >= 0.6 is 24.0 Å². The maximum Gasteiger partial charge on any atom is 0.193 e. The van der Waals surface area contributed by atoms with Gasteiger partial charge in [-0.1, -0.05) is 24.3 Å². The van der Waals surface area contributed by atoms with Crippen molar-refractivity contribution in [3.63, 3.8) is 0 Å². The lowest BCUT2D eigenvalue weighted by Crippen LogP contribution is -2.47. The zero-order chi connectivity index (χ0) is 18.6. The van der Waals surface area contributed by atoms with Gasteiger partial charge >= 0.3 is 0 Å². The van der Waals surface area contributed by atoms with Crippen LogP contribution in [0.4, 0.5) is 0 Å². The maximum absolute atomic E-state index is 6.12. The number of hydrogen-bond acceptors (Lipinski definition) is 3. The third kappa shape index (κ3) is 6.04. The first-order valence-electron chi connectivity index (χ1n) is 9.42. The highest BCUT2D eigenvalue weighted by molar-refractivity contribution is 14.0. The molecule has 0 atom stereocenters. The Morgan fingerprint density at radius 3 is 2.59 bits per heavy atom. The van der Waals surface area contributed by atoms with Gasteiger partial charge in [0, 0.05) is 31.7 Å². The van der Waals surface area contributed by atoms with Gasteiger partial charge in [0.05, 0.1) is 23.9 Å². The molecule has 1 fully saturated rings. The monoisotopic (exact) mass is 482 g/mol. The van der Waals surface area contributed by atoms with Crippen molar-refractivity contribution in [1.82, 2.24) is 15.2 Å². The van der Waals surface area contributed by atoms with Crippen molar-refractivity contribution in [2.45, 2.75) is 51.9 Å². The van der Waals surface area contributed by atoms with Gasteiger partial charge in [0.25, 0.3) is 0 Å². The summed E-state index contributed by atoms with van der Waals surface area (Å²) in [6.45, 7) is 8.96. The van der Waals surface area contributed by atoms with Crippen LogP contribution in [0.1, 0.15) is 39.3 Å². The Morgan fingerprint density at radius 2 is 1.93 bits per heavy atom. The summed E-state index contributed by atoms with van der Waals surface area (Å²) in [7, 11) is 1.84. The molecule has 5 nitrogen and oxygen atoms in total. The van der Waals surface area contributed by atoms with E-state index in [0.717, 1.165) is 37.6 Å². The minimum absolute atomic E-state index is 0. The van der Waals surface area contributed by atoms with Crippen LogP contribution in [-0.4, -0.2) is 47.7 Å². The van der Waals surface area contributed by atoms with Crippen LogP contribution in [0.3, 0.4) is 0 Å². The van der Waals surface area contributed by atoms with E-state index >= 15 is 0 Å². The van der Waals surface area contributed by atoms with Gasteiger partial charge in [-0.05, 0) is 45.1 Å². The maximum atomic E-state index is 6.12. The van der Waals surface area contributed by atoms with E-state index in [-0.39, 0.29) is 29.6 Å². The predicted molar refractivity (Wildman–Crippen MR) is 123 cm³/mol. The van der Waals surface area contributed by atoms with Crippen LogP contribution in [0.2, 0.25) is 0 Å². The van der Waals surface area contributed by atoms with Gasteiger partial charge in [-0.15, -0.1) is 24.0 Å². The molecule has 0 amide bonds. The zero-order valence-electron chi connectivity index (χ0n) is 16.7. The highest BCUT2D eigenvalue weighted by Crippen LogP contribution is 2.20. The third-order valence-corrected chi connectivity index (χ3v) is 4.64. The number of nitrogens with one attached hydrogen (secondary N) is 1. The molecule has 3 rings (SSSR count). The molecule has 1 aliphatic heterocycles. The molecule has 2 aromatic rings. The molecule has 6 heteroatoms. The van der Waals surface area contributed by atoms with Crippen molar-refractivity contribution in [3.8, 4) is 0 Å². The summed E-state index contributed by atoms with van der Waals surface area (Å²) in [4.78, 5) is 11.3. The molecule has 0 unspecified atom stereocenters. The normalized spacial score (nSPS) is 16.3. The summed E-state index contributed by atoms with van der Waals surface area (Å²) in [5, 5.41) is 5.89. The first-order chi connectivity index (χ1) is 12.5. The Morgan fingerprint density at radius 1 is 1.22 bits per heavy atom. The third-order valence-electron chi connectivity index (χ3n) is 4.64. The number of ether oxygens (including phenoxy) is 1. The number of pyridine rings is 1. The number of benzene rings is 1. The standard InChI is InChI=1S/C21H30N4O.HI/c1-21(2,3)26-17-10-13-25(14-11-17)20(22-4)24-15-19-18-8-6-5-7-16(18)9-12-23-19;/h5-9,12,17H,10-11,13-15H2,1-4H3,(H,22,24);1H. The zero-order valence-corrected chi connectivity index (χ0v) is 19.1. The lowest BCUT2D eigenvalue weighted by molar-refractivity contribution is -0.0772. The average Bonchev–Trinajstić information content (AvgIpc) is 2.62. The van der Waals surface area contributed by atoms with Crippen LogP contribution in [0.5, 0.6) is 0 Å². The SMILES string of the molecule is CN=C(NCc1nccc2ccccc12)N1CCC(OC(C)(C)C)CC1.I. The fourth-order valence-corrected chi connectivity index (χ4v) is 3.50. The number of halogens is 1. The molecular weight excluding hydrogens is 451 g/mol. The number of guanidine groups is 1. The van der Waals surface area contributed by atoms with E-state index in [1.165, 1.54) is 10.8 Å². The second-order valence-electron chi connectivity index (χ2n) is 7.80. The van der Waals surface area contributed by atoms with E-state index in [9.17, 15) is 0 Å². The quantitative estimate of drug-likeness (QED) is 0.405. The highest BCUT2D eigenvalue weighted by atomic mass is 127. The van der Waals surface area contributed by atoms with Crippen LogP contribution in [0.15, 0.2) is 41.5 Å². The van der Waals surface area contributed by atoms with E-state index in [1.807, 2.05) is 19.3 Å². The summed E-state index contributed by atoms with van der Waals surface area (Å²) in [6.07, 6.45) is 4.27. The molecule has 1 aromatic carbocycles. The number of piperidine rings is 1. The topological polar surface area (TPSA) is 49.8 Å². The Balaban J connectivity index is 0.00000261. The summed E-state index contributed by atoms with van der Waals surface area (Å²) < 4.78 is 6.12. The van der Waals surface area contributed by atoms with Crippen LogP contribution in [0.25, 0.3) is 10.8 Å². The van der Waals surface area contributed by atoms with E-state index < -0.39 is 0 Å². The number of aromatic nitrogens is 1. The van der Waals surface area contributed by atoms with E-state index in [1.54, 1.807) is 0 Å². The number of fused-ring (bicyclic) bond motifs is 1. The van der Waals surface area contributed by atoms with E-state index in [0.29, 0.717) is 12.6 Å². The van der Waals surface area contributed by atoms with Gasteiger partial charge in [-0.25, -0.2) is 0 Å². The van der Waals surface area contributed by atoms with Gasteiger partial charge in [-0.3, -0.25) is 9.98 Å². The molecule has 0 radical (unpaired) electrons. The summed E-state index contributed by atoms with van der Waals surface area (Å²) >= 11 is 0. The molecule has 0 bridgehead atoms. The number of aliphatic imine (C=N–C) groups is 1. The van der Waals surface area contributed by atoms with Gasteiger partial charge in [0.1, 0.15) is 0 Å². The lowest BCUT2D eigenvalue weighted by atomic mass is 10.1. The molecule has 0 saturated carbocycles. The van der Waals surface area contributed by atoms with E-state index in [4.69, 9.17) is 4.74 Å². The molecule has 0 aliphatic carbocycles. The predicted octanol–water partition coefficient (Wildman–Crippen LogP) is 4.21. The molecule has 27 heavy (non-hydrogen) atoms. The van der Waals surface area contributed by atoms with Crippen molar-refractivity contribution in [3.05, 3.63) is 42.2 Å². The summed E-state index contributed by atoms with van der Waals surface area (Å²) in [6, 6.07) is 10.4. The van der Waals surface area contributed by atoms with Crippen LogP contribution in [0, 0.1) is 0 Å². The van der Waals surface area contributed by atoms with Crippen LogP contribution < -0.4 is 5.32 Å². The Labute approximate surface area is 179 Å². The Kier molecular flexibility index (Phi) is 7.85. The van der Waals surface area contributed by atoms with Crippen molar-refractivity contribution in [2.24, 2.45) is 4.99 Å². The number of likely N-dealkylation sites (tertiary alicyclic amines) is 1. The average molecular weight is 482 g/mol. The number of nitrogens with zero attached hydrogens (tertiary/aromatic N) is 3. The molecule has 148 valence electrons. The minimum atomic E-state index is -0.0766. The largest absolute Gasteiger partial charge is 0.372 e. The van der Waals surface area contributed by atoms with Gasteiger partial charge < -0.3 is 15.0 Å². The van der Waals surface area contributed by atoms with Crippen LogP contribution in [-0.2, 0) is 11.3 Å². The second kappa shape index (κ2) is 9.68. The Hall–Kier alpha value is -1.41. The molecule has 1 saturated heterocycles. The fourth-order valence-electron chi connectivity index (χ4n) is 3.50. The highest BCUT2D eigenvalue weighted by Gasteiger charge is 2.25. The molecular formula is C21H31IN4O. The fraction of sp³-hybridized carbons (Fsp3) is 0.524. The van der Waals surface area contributed by atoms with Gasteiger partial charge in [0.15, 0.2) is 5.96 Å². The van der Waals surface area contributed by atoms with Crippen molar-refractivity contribution in [1.29, 1.82) is 0 Å². The minimum Gasteiger partial charge on any atom is -0.372 e. The summed E-state index contributed by atoms with van der Waals surface area (Å²) in [5.74, 6) is 0.939. The first kappa shape index (κ1) is 21.9. The molecule has 2 heterocycles. The molecule has 0 spiro atoms. The van der Waals surface area contributed by atoms with Gasteiger partial charge in [0.2, 0.25) is 0 Å². The molecule has 1 N–H and O–H groups in total. The smallest absolute Gasteiger partial charge is 0.193 e. The molecule has 1 aliphatic rings. The lowest BCUT2D eigenvalue weighted by Gasteiger charge is -2.36. The van der Waals surface area contributed by atoms with Gasteiger partial charge in [-0.2, -0.15) is 0 Å². The second-order valence-corrected chi connectivity index (χ2v) is 7.80. The Bertz CT molecular complexity index is 759.